The van der Waals surface area contributed by atoms with Crippen molar-refractivity contribution in [1.82, 2.24) is 9.47 Å². The van der Waals surface area contributed by atoms with Crippen LogP contribution < -0.4 is 19.6 Å². The largest absolute Gasteiger partial charge is 0.484 e. The number of nitrogens with zero attached hydrogens (tertiary/aromatic N) is 3. The maximum Gasteiger partial charge on any atom is 0.338 e. The van der Waals surface area contributed by atoms with Gasteiger partial charge in [0.1, 0.15) is 11.6 Å². The fourth-order valence-corrected chi connectivity index (χ4v) is 5.66. The third-order valence-electron chi connectivity index (χ3n) is 6.61. The van der Waals surface area contributed by atoms with Crippen LogP contribution in [-0.2, 0) is 19.1 Å². The molecular weight excluding hydrogens is 537 g/mol. The van der Waals surface area contributed by atoms with Gasteiger partial charge in [-0.05, 0) is 55.3 Å². The number of allylic oxidation sites excluding steroid dienone is 1. The van der Waals surface area contributed by atoms with E-state index < -0.39 is 17.8 Å². The highest BCUT2D eigenvalue weighted by Crippen LogP contribution is 2.30. The fourth-order valence-electron chi connectivity index (χ4n) is 4.61. The third kappa shape index (κ3) is 5.75. The molecule has 9 nitrogen and oxygen atoms in total. The molecule has 2 aliphatic heterocycles. The fraction of sp³-hybridized carbons (Fsp3) is 0.310. The van der Waals surface area contributed by atoms with E-state index in [9.17, 15) is 18.8 Å². The van der Waals surface area contributed by atoms with Gasteiger partial charge in [-0.2, -0.15) is 0 Å². The van der Waals surface area contributed by atoms with Crippen LogP contribution in [0.2, 0.25) is 0 Å². The summed E-state index contributed by atoms with van der Waals surface area (Å²) >= 11 is 1.20. The number of thiazole rings is 1. The van der Waals surface area contributed by atoms with Gasteiger partial charge in [0.25, 0.3) is 11.5 Å². The van der Waals surface area contributed by atoms with Gasteiger partial charge < -0.3 is 19.1 Å². The van der Waals surface area contributed by atoms with Crippen LogP contribution in [0.3, 0.4) is 0 Å². The molecule has 11 heteroatoms. The standard InChI is InChI=1S/C29H28FN3O6S/c1-3-38-28(36)25-18(2)31-29-33(26(25)20-6-8-21(30)9-7-20)27(35)23(40-29)16-19-4-10-22(11-5-19)39-17-24(34)32-12-14-37-15-13-32/h4-11,16,26H,3,12-15,17H2,1-2H3/b23-16+/t26-/m0/s1. The Morgan fingerprint density at radius 3 is 2.50 bits per heavy atom. The lowest BCUT2D eigenvalue weighted by atomic mass is 9.96. The second kappa shape index (κ2) is 12.0. The quantitative estimate of drug-likeness (QED) is 0.408. The summed E-state index contributed by atoms with van der Waals surface area (Å²) in [5.74, 6) is -0.560. The number of hydrogen-bond donors (Lipinski definition) is 0. The minimum Gasteiger partial charge on any atom is -0.484 e. The molecule has 1 saturated heterocycles. The molecule has 3 aromatic rings. The summed E-state index contributed by atoms with van der Waals surface area (Å²) in [6.07, 6.45) is 1.73. The molecule has 0 N–H and O–H groups in total. The number of ether oxygens (including phenoxy) is 3. The van der Waals surface area contributed by atoms with Gasteiger partial charge in [0.15, 0.2) is 11.4 Å². The van der Waals surface area contributed by atoms with E-state index in [0.717, 1.165) is 5.56 Å². The van der Waals surface area contributed by atoms with E-state index in [1.807, 2.05) is 0 Å². The molecule has 2 aromatic carbocycles. The van der Waals surface area contributed by atoms with Crippen molar-refractivity contribution in [3.63, 3.8) is 0 Å². The van der Waals surface area contributed by atoms with Crippen molar-refractivity contribution >= 4 is 29.3 Å². The molecular formula is C29H28FN3O6S. The summed E-state index contributed by atoms with van der Waals surface area (Å²) in [4.78, 5) is 45.6. The molecule has 0 saturated carbocycles. The summed E-state index contributed by atoms with van der Waals surface area (Å²) in [5, 5.41) is 0. The molecule has 1 atom stereocenters. The van der Waals surface area contributed by atoms with Gasteiger partial charge in [0.2, 0.25) is 0 Å². The highest BCUT2D eigenvalue weighted by atomic mass is 32.1. The van der Waals surface area contributed by atoms with E-state index in [0.29, 0.717) is 52.6 Å². The van der Waals surface area contributed by atoms with Crippen molar-refractivity contribution in [2.24, 2.45) is 4.99 Å². The summed E-state index contributed by atoms with van der Waals surface area (Å²) in [6, 6.07) is 11.9. The lowest BCUT2D eigenvalue weighted by molar-refractivity contribution is -0.139. The molecule has 0 radical (unpaired) electrons. The van der Waals surface area contributed by atoms with E-state index in [1.165, 1.54) is 28.0 Å². The van der Waals surface area contributed by atoms with Crippen LogP contribution in [0.15, 0.2) is 69.6 Å². The SMILES string of the molecule is CCOC(=O)C1=C(C)N=c2s/c(=C/c3ccc(OCC(=O)N4CCOCC4)cc3)c(=O)n2[C@H]1c1ccc(F)cc1. The first kappa shape index (κ1) is 27.5. The van der Waals surface area contributed by atoms with E-state index in [1.54, 1.807) is 61.2 Å². The Kier molecular flexibility index (Phi) is 8.22. The molecule has 208 valence electrons. The molecule has 0 unspecified atom stereocenters. The molecule has 0 spiro atoms. The van der Waals surface area contributed by atoms with Gasteiger partial charge >= 0.3 is 5.97 Å². The van der Waals surface area contributed by atoms with Crippen LogP contribution in [0.1, 0.15) is 31.0 Å². The number of carbonyl (C=O) groups is 2. The van der Waals surface area contributed by atoms with Crippen LogP contribution in [0, 0.1) is 5.82 Å². The Hall–Kier alpha value is -4.09. The number of carbonyl (C=O) groups excluding carboxylic acids is 2. The van der Waals surface area contributed by atoms with Crippen molar-refractivity contribution in [3.8, 4) is 5.75 Å². The van der Waals surface area contributed by atoms with Crippen LogP contribution in [0.4, 0.5) is 4.39 Å². The first-order valence-electron chi connectivity index (χ1n) is 12.9. The summed E-state index contributed by atoms with van der Waals surface area (Å²) < 4.78 is 31.8. The van der Waals surface area contributed by atoms with E-state index in [-0.39, 0.29) is 30.3 Å². The summed E-state index contributed by atoms with van der Waals surface area (Å²) in [6.45, 7) is 5.67. The highest BCUT2D eigenvalue weighted by molar-refractivity contribution is 7.07. The number of amides is 1. The number of hydrogen-bond acceptors (Lipinski definition) is 8. The highest BCUT2D eigenvalue weighted by Gasteiger charge is 2.33. The Balaban J connectivity index is 1.43. The second-order valence-electron chi connectivity index (χ2n) is 9.20. The molecule has 0 aliphatic carbocycles. The first-order chi connectivity index (χ1) is 19.4. The van der Waals surface area contributed by atoms with Gasteiger partial charge in [-0.3, -0.25) is 14.2 Å². The number of fused-ring (bicyclic) bond motifs is 1. The van der Waals surface area contributed by atoms with E-state index in [2.05, 4.69) is 4.99 Å². The van der Waals surface area contributed by atoms with Gasteiger partial charge in [0.05, 0.1) is 41.7 Å². The number of aromatic nitrogens is 1. The minimum atomic E-state index is -0.808. The Labute approximate surface area is 233 Å². The molecule has 1 fully saturated rings. The number of benzene rings is 2. The van der Waals surface area contributed by atoms with Crippen LogP contribution >= 0.6 is 11.3 Å². The van der Waals surface area contributed by atoms with Gasteiger partial charge in [-0.15, -0.1) is 0 Å². The predicted molar refractivity (Wildman–Crippen MR) is 146 cm³/mol. The van der Waals surface area contributed by atoms with Crippen molar-refractivity contribution in [1.29, 1.82) is 0 Å². The van der Waals surface area contributed by atoms with Crippen molar-refractivity contribution in [3.05, 3.63) is 96.4 Å². The smallest absolute Gasteiger partial charge is 0.338 e. The number of morpholine rings is 1. The maximum absolute atomic E-state index is 13.7. The maximum atomic E-state index is 13.7. The van der Waals surface area contributed by atoms with Crippen molar-refractivity contribution in [2.75, 3.05) is 39.5 Å². The average molecular weight is 566 g/mol. The van der Waals surface area contributed by atoms with E-state index >= 15 is 0 Å². The predicted octanol–water partition coefficient (Wildman–Crippen LogP) is 2.17. The number of rotatable bonds is 7. The van der Waals surface area contributed by atoms with E-state index in [4.69, 9.17) is 14.2 Å². The second-order valence-corrected chi connectivity index (χ2v) is 10.2. The van der Waals surface area contributed by atoms with Crippen LogP contribution in [0.5, 0.6) is 5.75 Å². The zero-order valence-corrected chi connectivity index (χ0v) is 22.9. The summed E-state index contributed by atoms with van der Waals surface area (Å²) in [5.41, 5.74) is 1.66. The van der Waals surface area contributed by atoms with Crippen LogP contribution in [0.25, 0.3) is 6.08 Å². The average Bonchev–Trinajstić information content (AvgIpc) is 3.26. The van der Waals surface area contributed by atoms with Gasteiger partial charge in [0, 0.05) is 13.1 Å². The normalized spacial score (nSPS) is 17.3. The molecule has 5 rings (SSSR count). The van der Waals surface area contributed by atoms with Crippen LogP contribution in [-0.4, -0.2) is 60.9 Å². The van der Waals surface area contributed by atoms with Gasteiger partial charge in [-0.1, -0.05) is 35.6 Å². The lowest BCUT2D eigenvalue weighted by Crippen LogP contribution is -2.42. The minimum absolute atomic E-state index is 0.0660. The Morgan fingerprint density at radius 1 is 1.12 bits per heavy atom. The Bertz CT molecular complexity index is 1620. The monoisotopic (exact) mass is 565 g/mol. The molecule has 0 bridgehead atoms. The zero-order chi connectivity index (χ0) is 28.2. The molecule has 2 aliphatic rings. The topological polar surface area (TPSA) is 99.4 Å². The molecule has 40 heavy (non-hydrogen) atoms. The first-order valence-corrected chi connectivity index (χ1v) is 13.7. The lowest BCUT2D eigenvalue weighted by Gasteiger charge is -2.26. The molecule has 1 aromatic heterocycles. The summed E-state index contributed by atoms with van der Waals surface area (Å²) in [7, 11) is 0. The molecule has 3 heterocycles. The number of esters is 1. The Morgan fingerprint density at radius 2 is 1.82 bits per heavy atom. The molecule has 1 amide bonds. The zero-order valence-electron chi connectivity index (χ0n) is 22.1. The van der Waals surface area contributed by atoms with Gasteiger partial charge in [-0.25, -0.2) is 14.2 Å². The van der Waals surface area contributed by atoms with Crippen molar-refractivity contribution < 1.29 is 28.2 Å². The third-order valence-corrected chi connectivity index (χ3v) is 7.59. The van der Waals surface area contributed by atoms with Crippen molar-refractivity contribution in [2.45, 2.75) is 19.9 Å². The number of halogens is 1.